The summed E-state index contributed by atoms with van der Waals surface area (Å²) in [5, 5.41) is 9.18. The Morgan fingerprint density at radius 1 is 1.50 bits per heavy atom. The van der Waals surface area contributed by atoms with E-state index in [9.17, 15) is 4.39 Å². The number of aromatic amines is 1. The number of aryl methyl sites for hydroxylation is 1. The quantitative estimate of drug-likeness (QED) is 0.824. The topological polar surface area (TPSA) is 75.7 Å². The zero-order chi connectivity index (χ0) is 11.5. The van der Waals surface area contributed by atoms with Gasteiger partial charge in [-0.25, -0.2) is 4.98 Å². The largest absolute Gasteiger partial charge is 0.416 e. The standard InChI is InChI=1S/C9H10FN5O/c1-5-3-7(15-14-5)16-8-6(10)4-12-9(11-2)13-8/h3-4H,1-2H3,(H,14,15)(H,11,12,13). The second-order valence-corrected chi connectivity index (χ2v) is 3.09. The van der Waals surface area contributed by atoms with Gasteiger partial charge in [0.15, 0.2) is 0 Å². The number of H-pyrrole nitrogens is 1. The minimum absolute atomic E-state index is 0.161. The molecule has 2 heterocycles. The number of aromatic nitrogens is 4. The van der Waals surface area contributed by atoms with Crippen LogP contribution in [-0.4, -0.2) is 27.2 Å². The fourth-order valence-electron chi connectivity index (χ4n) is 1.09. The normalized spacial score (nSPS) is 10.2. The number of nitrogens with zero attached hydrogens (tertiary/aromatic N) is 3. The molecule has 0 spiro atoms. The van der Waals surface area contributed by atoms with E-state index in [1.165, 1.54) is 0 Å². The molecular formula is C9H10FN5O. The molecular weight excluding hydrogens is 213 g/mol. The van der Waals surface area contributed by atoms with E-state index >= 15 is 0 Å². The molecule has 6 nitrogen and oxygen atoms in total. The van der Waals surface area contributed by atoms with E-state index in [1.54, 1.807) is 13.1 Å². The molecule has 0 aliphatic heterocycles. The molecule has 0 amide bonds. The fraction of sp³-hybridized carbons (Fsp3) is 0.222. The van der Waals surface area contributed by atoms with Crippen LogP contribution in [0.4, 0.5) is 10.3 Å². The van der Waals surface area contributed by atoms with Crippen LogP contribution in [0, 0.1) is 12.7 Å². The number of anilines is 1. The first-order chi connectivity index (χ1) is 7.69. The summed E-state index contributed by atoms with van der Waals surface area (Å²) < 4.78 is 18.4. The lowest BCUT2D eigenvalue weighted by Crippen LogP contribution is -2.00. The minimum Gasteiger partial charge on any atom is -0.416 e. The summed E-state index contributed by atoms with van der Waals surface area (Å²) in [5.41, 5.74) is 0.818. The molecule has 84 valence electrons. The highest BCUT2D eigenvalue weighted by Crippen LogP contribution is 2.21. The van der Waals surface area contributed by atoms with Gasteiger partial charge in [-0.2, -0.15) is 9.37 Å². The molecule has 2 N–H and O–H groups in total. The van der Waals surface area contributed by atoms with Crippen molar-refractivity contribution in [1.82, 2.24) is 20.2 Å². The van der Waals surface area contributed by atoms with Gasteiger partial charge in [-0.15, -0.1) is 5.10 Å². The van der Waals surface area contributed by atoms with E-state index in [2.05, 4.69) is 25.5 Å². The Kier molecular flexibility index (Phi) is 2.67. The smallest absolute Gasteiger partial charge is 0.262 e. The molecule has 0 fully saturated rings. The average molecular weight is 223 g/mol. The molecule has 0 unspecified atom stereocenters. The molecule has 2 aromatic heterocycles. The van der Waals surface area contributed by atoms with Gasteiger partial charge < -0.3 is 10.1 Å². The predicted molar refractivity (Wildman–Crippen MR) is 54.9 cm³/mol. The van der Waals surface area contributed by atoms with Crippen molar-refractivity contribution in [3.8, 4) is 11.8 Å². The molecule has 0 aliphatic rings. The Labute approximate surface area is 90.9 Å². The number of hydrogen-bond donors (Lipinski definition) is 2. The zero-order valence-electron chi connectivity index (χ0n) is 8.78. The molecule has 16 heavy (non-hydrogen) atoms. The summed E-state index contributed by atoms with van der Waals surface area (Å²) in [6, 6.07) is 1.64. The van der Waals surface area contributed by atoms with E-state index in [4.69, 9.17) is 4.74 Å². The number of halogens is 1. The molecule has 0 atom stereocenters. The predicted octanol–water partition coefficient (Wildman–Crippen LogP) is 1.48. The van der Waals surface area contributed by atoms with E-state index in [1.807, 2.05) is 6.92 Å². The Morgan fingerprint density at radius 3 is 2.94 bits per heavy atom. The van der Waals surface area contributed by atoms with Crippen molar-refractivity contribution < 1.29 is 9.13 Å². The average Bonchev–Trinajstić information content (AvgIpc) is 2.67. The van der Waals surface area contributed by atoms with Crippen molar-refractivity contribution in [2.24, 2.45) is 0 Å². The van der Waals surface area contributed by atoms with Crippen molar-refractivity contribution in [3.05, 3.63) is 23.8 Å². The van der Waals surface area contributed by atoms with Gasteiger partial charge in [-0.3, -0.25) is 5.10 Å². The molecule has 0 bridgehead atoms. The van der Waals surface area contributed by atoms with Crippen molar-refractivity contribution in [2.45, 2.75) is 6.92 Å². The lowest BCUT2D eigenvalue weighted by molar-refractivity contribution is 0.406. The fourth-order valence-corrected chi connectivity index (χ4v) is 1.09. The van der Waals surface area contributed by atoms with Crippen LogP contribution < -0.4 is 10.1 Å². The van der Waals surface area contributed by atoms with Crippen LogP contribution in [0.25, 0.3) is 0 Å². The highest BCUT2D eigenvalue weighted by atomic mass is 19.1. The molecule has 0 aliphatic carbocycles. The van der Waals surface area contributed by atoms with Crippen LogP contribution in [0.15, 0.2) is 12.3 Å². The Morgan fingerprint density at radius 2 is 2.31 bits per heavy atom. The Balaban J connectivity index is 2.26. The van der Waals surface area contributed by atoms with Crippen LogP contribution in [0.5, 0.6) is 11.8 Å². The minimum atomic E-state index is -0.639. The van der Waals surface area contributed by atoms with E-state index in [-0.39, 0.29) is 17.7 Å². The lowest BCUT2D eigenvalue weighted by atomic mass is 10.5. The molecule has 2 rings (SSSR count). The summed E-state index contributed by atoms with van der Waals surface area (Å²) >= 11 is 0. The van der Waals surface area contributed by atoms with Crippen molar-refractivity contribution in [1.29, 1.82) is 0 Å². The third-order valence-corrected chi connectivity index (χ3v) is 1.82. The Bertz CT molecular complexity index is 498. The van der Waals surface area contributed by atoms with Gasteiger partial charge >= 0.3 is 0 Å². The van der Waals surface area contributed by atoms with E-state index in [0.717, 1.165) is 11.9 Å². The SMILES string of the molecule is CNc1ncc(F)c(Oc2cc(C)[nH]n2)n1. The second-order valence-electron chi connectivity index (χ2n) is 3.09. The highest BCUT2D eigenvalue weighted by molar-refractivity contribution is 5.29. The lowest BCUT2D eigenvalue weighted by Gasteiger charge is -2.03. The van der Waals surface area contributed by atoms with Gasteiger partial charge in [0, 0.05) is 18.8 Å². The third-order valence-electron chi connectivity index (χ3n) is 1.82. The number of hydrogen-bond acceptors (Lipinski definition) is 5. The van der Waals surface area contributed by atoms with Crippen LogP contribution in [-0.2, 0) is 0 Å². The van der Waals surface area contributed by atoms with Gasteiger partial charge in [-0.05, 0) is 6.92 Å². The van der Waals surface area contributed by atoms with Gasteiger partial charge in [0.05, 0.1) is 6.20 Å². The summed E-state index contributed by atoms with van der Waals surface area (Å²) in [5.74, 6) is -0.258. The number of rotatable bonds is 3. The zero-order valence-corrected chi connectivity index (χ0v) is 8.78. The highest BCUT2D eigenvalue weighted by Gasteiger charge is 2.10. The molecule has 0 saturated carbocycles. The third kappa shape index (κ3) is 2.08. The van der Waals surface area contributed by atoms with Crippen LogP contribution in [0.1, 0.15) is 5.69 Å². The number of nitrogens with one attached hydrogen (secondary N) is 2. The molecule has 7 heteroatoms. The summed E-state index contributed by atoms with van der Waals surface area (Å²) in [7, 11) is 1.63. The summed E-state index contributed by atoms with van der Waals surface area (Å²) in [6.07, 6.45) is 1.04. The van der Waals surface area contributed by atoms with Crippen molar-refractivity contribution in [2.75, 3.05) is 12.4 Å². The van der Waals surface area contributed by atoms with Crippen LogP contribution >= 0.6 is 0 Å². The summed E-state index contributed by atoms with van der Waals surface area (Å²) in [4.78, 5) is 7.52. The molecule has 0 radical (unpaired) electrons. The van der Waals surface area contributed by atoms with Crippen LogP contribution in [0.2, 0.25) is 0 Å². The maximum Gasteiger partial charge on any atom is 0.262 e. The first kappa shape index (κ1) is 10.3. The first-order valence-electron chi connectivity index (χ1n) is 4.59. The maximum absolute atomic E-state index is 13.3. The van der Waals surface area contributed by atoms with Crippen molar-refractivity contribution in [3.63, 3.8) is 0 Å². The van der Waals surface area contributed by atoms with E-state index in [0.29, 0.717) is 0 Å². The second kappa shape index (κ2) is 4.13. The molecule has 0 saturated heterocycles. The molecule has 2 aromatic rings. The van der Waals surface area contributed by atoms with Gasteiger partial charge in [0.25, 0.3) is 5.88 Å². The van der Waals surface area contributed by atoms with Crippen molar-refractivity contribution >= 4 is 5.95 Å². The maximum atomic E-state index is 13.3. The van der Waals surface area contributed by atoms with Crippen LogP contribution in [0.3, 0.4) is 0 Å². The number of ether oxygens (including phenoxy) is 1. The first-order valence-corrected chi connectivity index (χ1v) is 4.59. The monoisotopic (exact) mass is 223 g/mol. The van der Waals surface area contributed by atoms with Gasteiger partial charge in [0.1, 0.15) is 0 Å². The Hall–Kier alpha value is -2.18. The van der Waals surface area contributed by atoms with Gasteiger partial charge in [-0.1, -0.05) is 0 Å². The van der Waals surface area contributed by atoms with E-state index < -0.39 is 5.82 Å². The summed E-state index contributed by atoms with van der Waals surface area (Å²) in [6.45, 7) is 1.81. The molecule has 0 aromatic carbocycles. The van der Waals surface area contributed by atoms with Gasteiger partial charge in [0.2, 0.25) is 17.6 Å².